The van der Waals surface area contributed by atoms with E-state index >= 15 is 0 Å². The largest absolute Gasteiger partial charge is 0.495 e. The van der Waals surface area contributed by atoms with E-state index in [1.807, 2.05) is 0 Å². The van der Waals surface area contributed by atoms with Gasteiger partial charge >= 0.3 is 18.2 Å². The van der Waals surface area contributed by atoms with Gasteiger partial charge in [-0.3, -0.25) is 4.18 Å². The molecule has 0 radical (unpaired) electrons. The first-order valence-electron chi connectivity index (χ1n) is 3.06. The molecule has 0 aliphatic rings. The highest BCUT2D eigenvalue weighted by molar-refractivity contribution is 7.90. The van der Waals surface area contributed by atoms with Gasteiger partial charge in [0.05, 0.1) is 6.61 Å². The van der Waals surface area contributed by atoms with Gasteiger partial charge < -0.3 is 0 Å². The minimum absolute atomic E-state index is 0.383. The van der Waals surface area contributed by atoms with Crippen LogP contribution in [0.1, 0.15) is 6.92 Å². The Balaban J connectivity index is 4.19. The monoisotopic (exact) mass is 235 g/mol. The fourth-order valence-electron chi connectivity index (χ4n) is 0.382. The van der Waals surface area contributed by atoms with Crippen LogP contribution in [0, 0.1) is 0 Å². The maximum atomic E-state index is 11.7. The average molecular weight is 235 g/mol. The molecule has 78 valence electrons. The first kappa shape index (κ1) is 12.7. The number of rotatable bonds is 5. The fourth-order valence-corrected chi connectivity index (χ4v) is 1.89. The lowest BCUT2D eigenvalue weighted by atomic mass is 10.6. The fraction of sp³-hybridized carbons (Fsp3) is 0.500. The van der Waals surface area contributed by atoms with Gasteiger partial charge in [0.15, 0.2) is 0 Å². The van der Waals surface area contributed by atoms with Crippen LogP contribution >= 0.6 is 7.91 Å². The number of nitrogens with one attached hydrogen (secondary N) is 1. The van der Waals surface area contributed by atoms with Crippen LogP contribution < -0.4 is 4.49 Å². The highest BCUT2D eigenvalue weighted by atomic mass is 32.2. The third-order valence-electron chi connectivity index (χ3n) is 0.773. The second kappa shape index (κ2) is 4.80. The summed E-state index contributed by atoms with van der Waals surface area (Å²) in [7, 11) is -10.4. The molecule has 0 aliphatic carbocycles. The summed E-state index contributed by atoms with van der Waals surface area (Å²) < 4.78 is 58.7. The molecule has 0 heterocycles. The third-order valence-corrected chi connectivity index (χ3v) is 2.96. The summed E-state index contributed by atoms with van der Waals surface area (Å²) in [5.74, 6) is 0. The second-order valence-corrected chi connectivity index (χ2v) is 4.66. The van der Waals surface area contributed by atoms with E-state index < -0.39 is 18.2 Å². The van der Waals surface area contributed by atoms with Gasteiger partial charge in [-0.25, -0.2) is 4.57 Å². The van der Waals surface area contributed by atoms with E-state index in [-0.39, 0.29) is 6.61 Å². The lowest BCUT2D eigenvalue weighted by Crippen LogP contribution is -2.20. The van der Waals surface area contributed by atoms with Crippen LogP contribution in [-0.2, 0) is 19.1 Å². The Morgan fingerprint density at radius 2 is 2.08 bits per heavy atom. The number of allylic oxidation sites excluding steroid dienone is 1. The van der Waals surface area contributed by atoms with Crippen molar-refractivity contribution in [1.29, 1.82) is 0 Å². The lowest BCUT2D eigenvalue weighted by Gasteiger charge is -2.02. The molecule has 0 bridgehead atoms. The predicted octanol–water partition coefficient (Wildman–Crippen LogP) is 1.46. The summed E-state index contributed by atoms with van der Waals surface area (Å²) >= 11 is 0. The molecule has 0 saturated carbocycles. The highest BCUT2D eigenvalue weighted by Gasteiger charge is 2.27. The van der Waals surface area contributed by atoms with Crippen LogP contribution in [0.3, 0.4) is 0 Å². The van der Waals surface area contributed by atoms with Crippen molar-refractivity contribution in [3.05, 3.63) is 12.2 Å². The molecule has 0 rings (SSSR count). The summed E-state index contributed by atoms with van der Waals surface area (Å²) in [6.07, 6.45) is 2.76. The Labute approximate surface area is 74.7 Å². The van der Waals surface area contributed by atoms with E-state index in [0.717, 1.165) is 0 Å². The van der Waals surface area contributed by atoms with Crippen molar-refractivity contribution in [1.82, 2.24) is 4.49 Å². The van der Waals surface area contributed by atoms with Crippen LogP contribution in [0.5, 0.6) is 0 Å². The van der Waals surface area contributed by atoms with Crippen LogP contribution in [-0.4, -0.2) is 15.0 Å². The summed E-state index contributed by atoms with van der Waals surface area (Å²) in [5.41, 5.74) is 0. The molecule has 0 aliphatic heterocycles. The molecule has 0 unspecified atom stereocenters. The Kier molecular flexibility index (Phi) is 4.69. The molecule has 0 aromatic carbocycles. The van der Waals surface area contributed by atoms with Crippen molar-refractivity contribution in [2.45, 2.75) is 6.92 Å². The van der Waals surface area contributed by atoms with Crippen molar-refractivity contribution in [3.8, 4) is 0 Å². The normalized spacial score (nSPS) is 13.8. The molecule has 0 fully saturated rings. The van der Waals surface area contributed by atoms with Gasteiger partial charge in [-0.15, -0.1) is 8.39 Å². The van der Waals surface area contributed by atoms with Gasteiger partial charge in [0, 0.05) is 0 Å². The molecular weight excluding hydrogens is 227 g/mol. The summed E-state index contributed by atoms with van der Waals surface area (Å²) in [4.78, 5) is 0. The first-order valence-corrected chi connectivity index (χ1v) is 5.95. The summed E-state index contributed by atoms with van der Waals surface area (Å²) in [6.45, 7) is 1.21. The van der Waals surface area contributed by atoms with Crippen molar-refractivity contribution < 1.29 is 25.6 Å². The molecule has 0 amide bonds. The van der Waals surface area contributed by atoms with Gasteiger partial charge in [0.1, 0.15) is 0 Å². The number of halogens is 2. The van der Waals surface area contributed by atoms with Crippen LogP contribution in [0.15, 0.2) is 12.2 Å². The zero-order valence-electron chi connectivity index (χ0n) is 6.61. The van der Waals surface area contributed by atoms with Crippen LogP contribution in [0.2, 0.25) is 0 Å². The highest BCUT2D eigenvalue weighted by Crippen LogP contribution is 2.44. The molecule has 0 atom stereocenters. The molecule has 0 spiro atoms. The standard InChI is InChI=1S/C4H8F2NO4PS/c1-2-3-4-11-13(9,10)7-12(5,6)8/h2-3H,4H2,1H3,(H,7,8)/b3-2-. The quantitative estimate of drug-likeness (QED) is 0.578. The average Bonchev–Trinajstić information content (AvgIpc) is 1.81. The van der Waals surface area contributed by atoms with E-state index in [1.54, 1.807) is 6.92 Å². The molecule has 9 heteroatoms. The van der Waals surface area contributed by atoms with E-state index in [1.165, 1.54) is 12.2 Å². The van der Waals surface area contributed by atoms with Gasteiger partial charge in [-0.05, 0) is 6.92 Å². The molecule has 13 heavy (non-hydrogen) atoms. The lowest BCUT2D eigenvalue weighted by molar-refractivity contribution is 0.351. The number of hydrogen-bond donors (Lipinski definition) is 1. The molecule has 5 nitrogen and oxygen atoms in total. The van der Waals surface area contributed by atoms with E-state index in [0.29, 0.717) is 4.49 Å². The van der Waals surface area contributed by atoms with Crippen molar-refractivity contribution in [2.24, 2.45) is 0 Å². The summed E-state index contributed by atoms with van der Waals surface area (Å²) in [6, 6.07) is 0. The molecule has 0 aromatic rings. The Morgan fingerprint density at radius 3 is 2.46 bits per heavy atom. The Bertz CT molecular complexity index is 321. The van der Waals surface area contributed by atoms with Crippen LogP contribution in [0.25, 0.3) is 0 Å². The van der Waals surface area contributed by atoms with Gasteiger partial charge in [0.25, 0.3) is 0 Å². The third kappa shape index (κ3) is 8.04. The smallest absolute Gasteiger partial charge is 0.253 e. The van der Waals surface area contributed by atoms with Crippen molar-refractivity contribution in [2.75, 3.05) is 6.61 Å². The minimum Gasteiger partial charge on any atom is -0.253 e. The maximum absolute atomic E-state index is 11.7. The van der Waals surface area contributed by atoms with Crippen LogP contribution in [0.4, 0.5) is 8.39 Å². The second-order valence-electron chi connectivity index (χ2n) is 1.86. The van der Waals surface area contributed by atoms with Crippen molar-refractivity contribution in [3.63, 3.8) is 0 Å². The Morgan fingerprint density at radius 1 is 1.54 bits per heavy atom. The summed E-state index contributed by atoms with van der Waals surface area (Å²) in [5, 5.41) is 0. The molecule has 0 aromatic heterocycles. The molecular formula is C4H8F2NO4PS. The maximum Gasteiger partial charge on any atom is 0.495 e. The SMILES string of the molecule is C/C=C\COS(=O)(=O)NP(=O)(F)F. The van der Waals surface area contributed by atoms with E-state index in [4.69, 9.17) is 0 Å². The van der Waals surface area contributed by atoms with E-state index in [2.05, 4.69) is 4.18 Å². The van der Waals surface area contributed by atoms with Crippen molar-refractivity contribution >= 4 is 18.2 Å². The van der Waals surface area contributed by atoms with Gasteiger partial charge in [-0.1, -0.05) is 16.6 Å². The molecule has 0 saturated heterocycles. The molecule has 1 N–H and O–H groups in total. The number of hydrogen-bond acceptors (Lipinski definition) is 4. The van der Waals surface area contributed by atoms with Gasteiger partial charge in [-0.2, -0.15) is 8.42 Å². The van der Waals surface area contributed by atoms with E-state index in [9.17, 15) is 21.4 Å². The zero-order valence-corrected chi connectivity index (χ0v) is 8.32. The predicted molar refractivity (Wildman–Crippen MR) is 42.6 cm³/mol. The topological polar surface area (TPSA) is 72.5 Å². The minimum atomic E-state index is -5.82. The Hall–Kier alpha value is -0.300. The zero-order chi connectivity index (χ0) is 10.5. The van der Waals surface area contributed by atoms with Gasteiger partial charge in [0.2, 0.25) is 0 Å². The first-order chi connectivity index (χ1) is 5.77.